The molecule has 0 fully saturated rings. The summed E-state index contributed by atoms with van der Waals surface area (Å²) in [5.41, 5.74) is 6.01. The number of ether oxygens (including phenoxy) is 1. The normalized spacial score (nSPS) is 10.7. The van der Waals surface area contributed by atoms with E-state index in [1.165, 1.54) is 12.7 Å². The molecular formula is C25H26N6O2S. The van der Waals surface area contributed by atoms with Crippen LogP contribution < -0.4 is 10.6 Å². The van der Waals surface area contributed by atoms with Gasteiger partial charge in [0.1, 0.15) is 0 Å². The van der Waals surface area contributed by atoms with Crippen LogP contribution in [0, 0.1) is 13.8 Å². The van der Waals surface area contributed by atoms with Gasteiger partial charge in [0.05, 0.1) is 54.7 Å². The molecule has 0 saturated heterocycles. The van der Waals surface area contributed by atoms with Crippen LogP contribution in [0.1, 0.15) is 32.9 Å². The number of carbonyl (C=O) groups is 1. The third kappa shape index (κ3) is 5.32. The SMILES string of the molecule is COC(=O)c1ccccc1Cn1cc(NC(=S)Nc2c(C)nn(Cc3ccccc3)c2C)cn1. The summed E-state index contributed by atoms with van der Waals surface area (Å²) in [4.78, 5) is 12.0. The summed E-state index contributed by atoms with van der Waals surface area (Å²) in [7, 11) is 1.37. The minimum atomic E-state index is -0.370. The number of hydrogen-bond acceptors (Lipinski definition) is 5. The van der Waals surface area contributed by atoms with Gasteiger partial charge in [-0.25, -0.2) is 4.79 Å². The highest BCUT2D eigenvalue weighted by atomic mass is 32.1. The Labute approximate surface area is 203 Å². The number of aromatic nitrogens is 4. The van der Waals surface area contributed by atoms with Crippen LogP contribution in [0.3, 0.4) is 0 Å². The van der Waals surface area contributed by atoms with Gasteiger partial charge in [-0.2, -0.15) is 10.2 Å². The number of methoxy groups -OCH3 is 1. The van der Waals surface area contributed by atoms with E-state index in [1.807, 2.05) is 61.1 Å². The number of aryl methyl sites for hydroxylation is 1. The van der Waals surface area contributed by atoms with Crippen molar-refractivity contribution in [3.8, 4) is 0 Å². The third-order valence-electron chi connectivity index (χ3n) is 5.44. The second-order valence-electron chi connectivity index (χ2n) is 7.84. The number of carbonyl (C=O) groups excluding carboxylic acids is 1. The first-order valence-corrected chi connectivity index (χ1v) is 11.2. The summed E-state index contributed by atoms with van der Waals surface area (Å²) < 4.78 is 8.57. The Kier molecular flexibility index (Phi) is 7.03. The smallest absolute Gasteiger partial charge is 0.338 e. The van der Waals surface area contributed by atoms with Crippen molar-refractivity contribution in [2.24, 2.45) is 0 Å². The molecule has 4 aromatic rings. The molecule has 2 aromatic carbocycles. The highest BCUT2D eigenvalue weighted by Gasteiger charge is 2.14. The van der Waals surface area contributed by atoms with Crippen LogP contribution in [-0.4, -0.2) is 37.8 Å². The Morgan fingerprint density at radius 1 is 1.03 bits per heavy atom. The summed E-state index contributed by atoms with van der Waals surface area (Å²) in [6.07, 6.45) is 3.52. The Morgan fingerprint density at radius 2 is 1.76 bits per heavy atom. The molecule has 0 aliphatic rings. The monoisotopic (exact) mass is 474 g/mol. The minimum absolute atomic E-state index is 0.370. The van der Waals surface area contributed by atoms with Gasteiger partial charge >= 0.3 is 5.97 Å². The maximum atomic E-state index is 12.0. The van der Waals surface area contributed by atoms with E-state index in [0.29, 0.717) is 23.8 Å². The van der Waals surface area contributed by atoms with Crippen molar-refractivity contribution in [2.75, 3.05) is 17.7 Å². The number of hydrogen-bond donors (Lipinski definition) is 2. The van der Waals surface area contributed by atoms with E-state index in [9.17, 15) is 4.79 Å². The van der Waals surface area contributed by atoms with Crippen LogP contribution in [0.4, 0.5) is 11.4 Å². The zero-order valence-electron chi connectivity index (χ0n) is 19.3. The van der Waals surface area contributed by atoms with Gasteiger partial charge in [0.2, 0.25) is 0 Å². The van der Waals surface area contributed by atoms with Gasteiger partial charge in [0.25, 0.3) is 0 Å². The van der Waals surface area contributed by atoms with E-state index >= 15 is 0 Å². The summed E-state index contributed by atoms with van der Waals surface area (Å²) in [5, 5.41) is 15.9. The molecule has 4 rings (SSSR count). The maximum Gasteiger partial charge on any atom is 0.338 e. The topological polar surface area (TPSA) is 86.0 Å². The van der Waals surface area contributed by atoms with Crippen LogP contribution >= 0.6 is 12.2 Å². The van der Waals surface area contributed by atoms with Crippen LogP contribution in [-0.2, 0) is 17.8 Å². The standard InChI is InChI=1S/C25H26N6O2S/c1-17-23(18(2)31(29-17)14-19-9-5-4-6-10-19)28-25(34)27-21-13-26-30(16-21)15-20-11-7-8-12-22(20)24(32)33-3/h4-13,16H,14-15H2,1-3H3,(H2,27,28,34). The fourth-order valence-corrected chi connectivity index (χ4v) is 3.94. The largest absolute Gasteiger partial charge is 0.465 e. The number of rotatable bonds is 7. The molecule has 0 bridgehead atoms. The highest BCUT2D eigenvalue weighted by Crippen LogP contribution is 2.21. The van der Waals surface area contributed by atoms with Crippen molar-refractivity contribution >= 4 is 34.7 Å². The van der Waals surface area contributed by atoms with Gasteiger partial charge in [-0.1, -0.05) is 48.5 Å². The lowest BCUT2D eigenvalue weighted by molar-refractivity contribution is 0.0599. The maximum absolute atomic E-state index is 12.0. The van der Waals surface area contributed by atoms with E-state index in [-0.39, 0.29) is 5.97 Å². The molecule has 34 heavy (non-hydrogen) atoms. The van der Waals surface area contributed by atoms with Crippen LogP contribution in [0.5, 0.6) is 0 Å². The van der Waals surface area contributed by atoms with Crippen LogP contribution in [0.15, 0.2) is 67.0 Å². The Bertz CT molecular complexity index is 1310. The predicted octanol–water partition coefficient (Wildman–Crippen LogP) is 4.39. The first kappa shape index (κ1) is 23.2. The lowest BCUT2D eigenvalue weighted by atomic mass is 10.1. The molecule has 9 heteroatoms. The zero-order valence-corrected chi connectivity index (χ0v) is 20.1. The first-order chi connectivity index (χ1) is 16.4. The van der Waals surface area contributed by atoms with E-state index < -0.39 is 0 Å². The van der Waals surface area contributed by atoms with Crippen molar-refractivity contribution in [2.45, 2.75) is 26.9 Å². The fraction of sp³-hybridized carbons (Fsp3) is 0.200. The van der Waals surface area contributed by atoms with Gasteiger partial charge < -0.3 is 15.4 Å². The minimum Gasteiger partial charge on any atom is -0.465 e. The second kappa shape index (κ2) is 10.3. The van der Waals surface area contributed by atoms with Crippen molar-refractivity contribution < 1.29 is 9.53 Å². The lowest BCUT2D eigenvalue weighted by Gasteiger charge is -2.10. The molecule has 0 spiro atoms. The number of benzene rings is 2. The van der Waals surface area contributed by atoms with Crippen molar-refractivity contribution in [3.63, 3.8) is 0 Å². The Morgan fingerprint density at radius 3 is 2.53 bits per heavy atom. The molecule has 0 aliphatic carbocycles. The second-order valence-corrected chi connectivity index (χ2v) is 8.25. The molecule has 2 aromatic heterocycles. The van der Waals surface area contributed by atoms with Gasteiger partial charge in [0.15, 0.2) is 5.11 Å². The third-order valence-corrected chi connectivity index (χ3v) is 5.65. The summed E-state index contributed by atoms with van der Waals surface area (Å²) in [6, 6.07) is 17.5. The molecule has 2 heterocycles. The van der Waals surface area contributed by atoms with Crippen LogP contribution in [0.2, 0.25) is 0 Å². The molecule has 174 valence electrons. The van der Waals surface area contributed by atoms with Crippen LogP contribution in [0.25, 0.3) is 0 Å². The first-order valence-electron chi connectivity index (χ1n) is 10.8. The molecule has 0 radical (unpaired) electrons. The van der Waals surface area contributed by atoms with Crippen molar-refractivity contribution in [1.29, 1.82) is 0 Å². The molecule has 0 unspecified atom stereocenters. The number of thiocarbonyl (C=S) groups is 1. The summed E-state index contributed by atoms with van der Waals surface area (Å²) >= 11 is 5.53. The quantitative estimate of drug-likeness (QED) is 0.303. The summed E-state index contributed by atoms with van der Waals surface area (Å²) in [5.74, 6) is -0.370. The highest BCUT2D eigenvalue weighted by molar-refractivity contribution is 7.80. The van der Waals surface area contributed by atoms with Gasteiger partial charge in [0, 0.05) is 6.20 Å². The molecule has 8 nitrogen and oxygen atoms in total. The zero-order chi connectivity index (χ0) is 24.1. The van der Waals surface area contributed by atoms with E-state index in [1.54, 1.807) is 16.9 Å². The van der Waals surface area contributed by atoms with E-state index in [0.717, 1.165) is 28.3 Å². The predicted molar refractivity (Wildman–Crippen MR) is 136 cm³/mol. The molecule has 0 amide bonds. The van der Waals surface area contributed by atoms with Crippen molar-refractivity contribution in [1.82, 2.24) is 19.6 Å². The molecule has 0 atom stereocenters. The molecular weight excluding hydrogens is 448 g/mol. The number of esters is 1. The Balaban J connectivity index is 1.41. The average Bonchev–Trinajstić information content (AvgIpc) is 3.38. The number of nitrogens with zero attached hydrogens (tertiary/aromatic N) is 4. The molecule has 2 N–H and O–H groups in total. The Hall–Kier alpha value is -3.98. The van der Waals surface area contributed by atoms with Gasteiger partial charge in [-0.05, 0) is 43.3 Å². The molecule has 0 saturated carbocycles. The van der Waals surface area contributed by atoms with Gasteiger partial charge in [-0.3, -0.25) is 9.36 Å². The lowest BCUT2D eigenvalue weighted by Crippen LogP contribution is -2.19. The molecule has 0 aliphatic heterocycles. The number of anilines is 2. The van der Waals surface area contributed by atoms with Gasteiger partial charge in [-0.15, -0.1) is 0 Å². The van der Waals surface area contributed by atoms with E-state index in [2.05, 4.69) is 33.0 Å². The van der Waals surface area contributed by atoms with Crippen molar-refractivity contribution in [3.05, 3.63) is 95.1 Å². The average molecular weight is 475 g/mol. The fourth-order valence-electron chi connectivity index (χ4n) is 3.72. The van der Waals surface area contributed by atoms with E-state index in [4.69, 9.17) is 17.0 Å². The number of nitrogens with one attached hydrogen (secondary N) is 2. The summed E-state index contributed by atoms with van der Waals surface area (Å²) in [6.45, 7) is 5.09.